The van der Waals surface area contributed by atoms with E-state index in [4.69, 9.17) is 27.9 Å². The van der Waals surface area contributed by atoms with Crippen molar-refractivity contribution in [2.45, 2.75) is 39.7 Å². The first kappa shape index (κ1) is 23.2. The Bertz CT molecular complexity index is 1060. The topological polar surface area (TPSA) is 53.9 Å². The van der Waals surface area contributed by atoms with Crippen molar-refractivity contribution in [2.75, 3.05) is 18.6 Å². The van der Waals surface area contributed by atoms with Gasteiger partial charge in [0.15, 0.2) is 0 Å². The lowest BCUT2D eigenvalue weighted by atomic mass is 9.87. The number of fused-ring (bicyclic) bond motifs is 1. The second-order valence-corrected chi connectivity index (χ2v) is 8.91. The van der Waals surface area contributed by atoms with E-state index >= 15 is 0 Å². The fraction of sp³-hybridized carbons (Fsp3) is 0.333. The lowest BCUT2D eigenvalue weighted by molar-refractivity contribution is 0.0955. The molecular formula is C24H27Cl2N3O2. The van der Waals surface area contributed by atoms with Gasteiger partial charge in [-0.05, 0) is 57.0 Å². The number of ether oxygens (including phenoxy) is 1. The highest BCUT2D eigenvalue weighted by atomic mass is 35.5. The molecule has 0 aliphatic carbocycles. The molecule has 5 nitrogen and oxygen atoms in total. The van der Waals surface area contributed by atoms with Crippen LogP contribution in [0.5, 0.6) is 5.75 Å². The molecule has 1 heterocycles. The molecule has 3 rings (SSSR count). The van der Waals surface area contributed by atoms with Gasteiger partial charge in [0, 0.05) is 34.4 Å². The van der Waals surface area contributed by atoms with Gasteiger partial charge in [-0.15, -0.1) is 0 Å². The van der Waals surface area contributed by atoms with Crippen LogP contribution in [0.4, 0.5) is 5.69 Å². The van der Waals surface area contributed by atoms with E-state index in [1.54, 1.807) is 25.5 Å². The van der Waals surface area contributed by atoms with Crippen LogP contribution in [0.25, 0.3) is 5.57 Å². The van der Waals surface area contributed by atoms with Gasteiger partial charge in [0.05, 0.1) is 29.4 Å². The molecule has 0 radical (unpaired) electrons. The molecule has 0 unspecified atom stereocenters. The van der Waals surface area contributed by atoms with Crippen LogP contribution in [0.2, 0.25) is 10.0 Å². The number of anilines is 1. The minimum Gasteiger partial charge on any atom is -0.496 e. The summed E-state index contributed by atoms with van der Waals surface area (Å²) in [5, 5.41) is 4.85. The Labute approximate surface area is 193 Å². The van der Waals surface area contributed by atoms with Crippen LogP contribution in [-0.4, -0.2) is 31.3 Å². The standard InChI is InChI=1S/C24H27Cl2N3O2/c1-6-9-29-21-12-22(31-5)16(10-19(21)15(2)13-24(29,3)4)14-27-28-23(30)18-8-7-17(25)11-20(18)26/h7-8,10-14H,6,9H2,1-5H3,(H,28,30)/b27-14-. The predicted molar refractivity (Wildman–Crippen MR) is 130 cm³/mol. The minimum absolute atomic E-state index is 0.0838. The first-order valence-corrected chi connectivity index (χ1v) is 10.9. The van der Waals surface area contributed by atoms with E-state index in [1.807, 2.05) is 12.1 Å². The molecule has 1 aliphatic heterocycles. The molecule has 2 aromatic rings. The largest absolute Gasteiger partial charge is 0.496 e. The number of hydrazone groups is 1. The number of carbonyl (C=O) groups excluding carboxylic acids is 1. The maximum Gasteiger partial charge on any atom is 0.272 e. The summed E-state index contributed by atoms with van der Waals surface area (Å²) in [6.07, 6.45) is 4.90. The van der Waals surface area contributed by atoms with Gasteiger partial charge in [0.1, 0.15) is 5.75 Å². The first-order chi connectivity index (χ1) is 14.7. The summed E-state index contributed by atoms with van der Waals surface area (Å²) >= 11 is 12.0. The molecule has 0 aromatic heterocycles. The highest BCUT2D eigenvalue weighted by Gasteiger charge is 2.31. The summed E-state index contributed by atoms with van der Waals surface area (Å²) < 4.78 is 5.63. The number of carbonyl (C=O) groups is 1. The SMILES string of the molecule is CCCN1c2cc(OC)c(/C=N\NC(=O)c3ccc(Cl)cc3Cl)cc2C(C)=CC1(C)C. The van der Waals surface area contributed by atoms with Gasteiger partial charge in [-0.25, -0.2) is 5.43 Å². The second-order valence-electron chi connectivity index (χ2n) is 8.07. The fourth-order valence-electron chi connectivity index (χ4n) is 3.93. The van der Waals surface area contributed by atoms with E-state index in [0.717, 1.165) is 29.8 Å². The van der Waals surface area contributed by atoms with Crippen molar-refractivity contribution in [3.8, 4) is 5.75 Å². The Morgan fingerprint density at radius 3 is 2.65 bits per heavy atom. The summed E-state index contributed by atoms with van der Waals surface area (Å²) in [6, 6.07) is 8.78. The molecule has 31 heavy (non-hydrogen) atoms. The molecule has 164 valence electrons. The van der Waals surface area contributed by atoms with E-state index in [0.29, 0.717) is 16.3 Å². The first-order valence-electron chi connectivity index (χ1n) is 10.2. The third-order valence-electron chi connectivity index (χ3n) is 5.32. The molecule has 0 bridgehead atoms. The van der Waals surface area contributed by atoms with Crippen LogP contribution >= 0.6 is 23.2 Å². The van der Waals surface area contributed by atoms with Crippen LogP contribution < -0.4 is 15.1 Å². The number of rotatable bonds is 6. The van der Waals surface area contributed by atoms with Gasteiger partial charge in [-0.2, -0.15) is 5.10 Å². The van der Waals surface area contributed by atoms with Crippen molar-refractivity contribution in [1.29, 1.82) is 0 Å². The number of allylic oxidation sites excluding steroid dienone is 1. The van der Waals surface area contributed by atoms with Crippen molar-refractivity contribution in [2.24, 2.45) is 5.10 Å². The zero-order valence-corrected chi connectivity index (χ0v) is 19.9. The van der Waals surface area contributed by atoms with Crippen LogP contribution in [0.1, 0.15) is 55.6 Å². The van der Waals surface area contributed by atoms with Gasteiger partial charge < -0.3 is 9.64 Å². The van der Waals surface area contributed by atoms with Crippen LogP contribution in [0.3, 0.4) is 0 Å². The van der Waals surface area contributed by atoms with E-state index in [-0.39, 0.29) is 10.6 Å². The highest BCUT2D eigenvalue weighted by molar-refractivity contribution is 6.36. The number of halogens is 2. The van der Waals surface area contributed by atoms with Crippen LogP contribution in [0.15, 0.2) is 41.5 Å². The van der Waals surface area contributed by atoms with Gasteiger partial charge in [0.25, 0.3) is 5.91 Å². The summed E-state index contributed by atoms with van der Waals surface area (Å²) in [6.45, 7) is 9.66. The zero-order valence-electron chi connectivity index (χ0n) is 18.4. The number of amides is 1. The van der Waals surface area contributed by atoms with Crippen LogP contribution in [0, 0.1) is 0 Å². The number of nitrogens with zero attached hydrogens (tertiary/aromatic N) is 2. The molecule has 0 fully saturated rings. The summed E-state index contributed by atoms with van der Waals surface area (Å²) in [5.41, 5.74) is 6.96. The van der Waals surface area contributed by atoms with Crippen LogP contribution in [-0.2, 0) is 0 Å². The molecular weight excluding hydrogens is 433 g/mol. The number of hydrogen-bond donors (Lipinski definition) is 1. The Morgan fingerprint density at radius 2 is 2.00 bits per heavy atom. The normalized spacial score (nSPS) is 14.9. The van der Waals surface area contributed by atoms with E-state index in [1.165, 1.54) is 11.6 Å². The number of benzene rings is 2. The molecule has 7 heteroatoms. The van der Waals surface area contributed by atoms with Crippen molar-refractivity contribution in [3.05, 3.63) is 63.1 Å². The predicted octanol–water partition coefficient (Wildman–Crippen LogP) is 6.18. The summed E-state index contributed by atoms with van der Waals surface area (Å²) in [5.74, 6) is 0.273. The summed E-state index contributed by atoms with van der Waals surface area (Å²) in [7, 11) is 1.63. The Kier molecular flexibility index (Phi) is 6.97. The molecule has 2 aromatic carbocycles. The Balaban J connectivity index is 1.90. The Morgan fingerprint density at radius 1 is 1.26 bits per heavy atom. The van der Waals surface area contributed by atoms with Crippen molar-refractivity contribution >= 4 is 46.6 Å². The highest BCUT2D eigenvalue weighted by Crippen LogP contribution is 2.41. The average Bonchev–Trinajstić information content (AvgIpc) is 2.70. The molecule has 1 amide bonds. The van der Waals surface area contributed by atoms with E-state index < -0.39 is 5.91 Å². The molecule has 1 N–H and O–H groups in total. The smallest absolute Gasteiger partial charge is 0.272 e. The zero-order chi connectivity index (χ0) is 22.8. The lowest BCUT2D eigenvalue weighted by Gasteiger charge is -2.43. The third kappa shape index (κ3) is 4.89. The quantitative estimate of drug-likeness (QED) is 0.414. The van der Waals surface area contributed by atoms with Crippen molar-refractivity contribution < 1.29 is 9.53 Å². The molecule has 0 spiro atoms. The van der Waals surface area contributed by atoms with Gasteiger partial charge in [-0.1, -0.05) is 36.2 Å². The van der Waals surface area contributed by atoms with Crippen molar-refractivity contribution in [3.63, 3.8) is 0 Å². The molecule has 0 saturated carbocycles. The van der Waals surface area contributed by atoms with E-state index in [2.05, 4.69) is 49.2 Å². The molecule has 0 saturated heterocycles. The summed E-state index contributed by atoms with van der Waals surface area (Å²) in [4.78, 5) is 14.8. The Hall–Kier alpha value is -2.50. The lowest BCUT2D eigenvalue weighted by Crippen LogP contribution is -2.45. The van der Waals surface area contributed by atoms with Crippen molar-refractivity contribution in [1.82, 2.24) is 5.43 Å². The molecule has 0 atom stereocenters. The average molecular weight is 460 g/mol. The number of hydrogen-bond acceptors (Lipinski definition) is 4. The van der Waals surface area contributed by atoms with Gasteiger partial charge in [-0.3, -0.25) is 4.79 Å². The van der Waals surface area contributed by atoms with Gasteiger partial charge in [0.2, 0.25) is 0 Å². The maximum absolute atomic E-state index is 12.4. The maximum atomic E-state index is 12.4. The minimum atomic E-state index is -0.415. The molecule has 1 aliphatic rings. The fourth-order valence-corrected chi connectivity index (χ4v) is 4.42. The third-order valence-corrected chi connectivity index (χ3v) is 5.87. The van der Waals surface area contributed by atoms with E-state index in [9.17, 15) is 4.79 Å². The number of nitrogens with one attached hydrogen (secondary N) is 1. The second kappa shape index (κ2) is 9.33. The number of methoxy groups -OCH3 is 1. The monoisotopic (exact) mass is 459 g/mol. The van der Waals surface area contributed by atoms with Gasteiger partial charge >= 0.3 is 0 Å².